The maximum absolute atomic E-state index is 12.9. The highest BCUT2D eigenvalue weighted by atomic mass is 16.5. The molecule has 1 aromatic heterocycles. The van der Waals surface area contributed by atoms with E-state index in [1.54, 1.807) is 6.07 Å². The molecule has 5 heteroatoms. The summed E-state index contributed by atoms with van der Waals surface area (Å²) in [7, 11) is 0. The van der Waals surface area contributed by atoms with Crippen molar-refractivity contribution in [1.82, 2.24) is 9.97 Å². The number of unbranched alkanes of at least 4 members (excludes halogenated alkanes) is 2. The van der Waals surface area contributed by atoms with E-state index >= 15 is 0 Å². The fraction of sp³-hybridized carbons (Fsp3) is 0.462. The van der Waals surface area contributed by atoms with Crippen molar-refractivity contribution >= 4 is 10.9 Å². The number of nitrogens with zero attached hydrogens (tertiary/aromatic N) is 1. The van der Waals surface area contributed by atoms with E-state index in [9.17, 15) is 9.90 Å². The average Bonchev–Trinajstić information content (AvgIpc) is 2.79. The van der Waals surface area contributed by atoms with Gasteiger partial charge in [-0.1, -0.05) is 64.3 Å². The molecular weight excluding hydrogens is 388 g/mol. The van der Waals surface area contributed by atoms with E-state index in [-0.39, 0.29) is 11.5 Å². The summed E-state index contributed by atoms with van der Waals surface area (Å²) in [5.74, 6) is 1.14. The molecule has 2 aromatic carbocycles. The smallest absolute Gasteiger partial charge is 0.259 e. The number of hydrogen-bond donors (Lipinski definition) is 2. The minimum atomic E-state index is -0.452. The van der Waals surface area contributed by atoms with Gasteiger partial charge in [0, 0.05) is 5.92 Å². The first kappa shape index (κ1) is 23.0. The standard InChI is InChI=1S/C26H34N2O3/c1-4-7-8-15-22(29)18(6-3)19-13-11-14-21-24(19)27-25(28-26(21)30)20-12-9-10-16-23(20)31-17-5-2/h9-14,16,18,22,29H,4-8,15,17H2,1-3H3,(H,27,28,30). The lowest BCUT2D eigenvalue weighted by Gasteiger charge is -2.23. The van der Waals surface area contributed by atoms with Gasteiger partial charge in [-0.25, -0.2) is 4.98 Å². The number of H-pyrrole nitrogens is 1. The van der Waals surface area contributed by atoms with Crippen molar-refractivity contribution in [2.24, 2.45) is 0 Å². The van der Waals surface area contributed by atoms with Crippen molar-refractivity contribution in [3.63, 3.8) is 0 Å². The zero-order valence-corrected chi connectivity index (χ0v) is 18.9. The van der Waals surface area contributed by atoms with Gasteiger partial charge in [0.15, 0.2) is 0 Å². The molecule has 166 valence electrons. The van der Waals surface area contributed by atoms with Crippen molar-refractivity contribution in [3.05, 3.63) is 58.4 Å². The summed E-state index contributed by atoms with van der Waals surface area (Å²) in [6.07, 6.45) is 5.22. The molecule has 0 radical (unpaired) electrons. The highest BCUT2D eigenvalue weighted by Crippen LogP contribution is 2.33. The third-order valence-electron chi connectivity index (χ3n) is 5.78. The van der Waals surface area contributed by atoms with Crippen LogP contribution in [0.3, 0.4) is 0 Å². The molecule has 0 saturated carbocycles. The van der Waals surface area contributed by atoms with Crippen molar-refractivity contribution in [1.29, 1.82) is 0 Å². The lowest BCUT2D eigenvalue weighted by atomic mass is 9.87. The molecule has 2 N–H and O–H groups in total. The number of para-hydroxylation sites is 2. The molecule has 0 aliphatic rings. The monoisotopic (exact) mass is 422 g/mol. The fourth-order valence-electron chi connectivity index (χ4n) is 4.11. The van der Waals surface area contributed by atoms with Crippen LogP contribution in [0.4, 0.5) is 0 Å². The summed E-state index contributed by atoms with van der Waals surface area (Å²) < 4.78 is 5.88. The zero-order valence-electron chi connectivity index (χ0n) is 18.9. The van der Waals surface area contributed by atoms with E-state index in [4.69, 9.17) is 9.72 Å². The van der Waals surface area contributed by atoms with Crippen LogP contribution in [-0.2, 0) is 0 Å². The average molecular weight is 423 g/mol. The number of aromatic nitrogens is 2. The van der Waals surface area contributed by atoms with Gasteiger partial charge in [-0.2, -0.15) is 0 Å². The predicted octanol–water partition coefficient (Wildman–Crippen LogP) is 5.81. The van der Waals surface area contributed by atoms with Crippen LogP contribution in [0.25, 0.3) is 22.3 Å². The van der Waals surface area contributed by atoms with Gasteiger partial charge in [0.05, 0.1) is 29.2 Å². The molecule has 5 nitrogen and oxygen atoms in total. The Balaban J connectivity index is 2.08. The Morgan fingerprint density at radius 2 is 1.84 bits per heavy atom. The van der Waals surface area contributed by atoms with Crippen LogP contribution in [0.15, 0.2) is 47.3 Å². The molecule has 0 saturated heterocycles. The third kappa shape index (κ3) is 5.34. The van der Waals surface area contributed by atoms with E-state index in [1.807, 2.05) is 36.4 Å². The lowest BCUT2D eigenvalue weighted by molar-refractivity contribution is 0.128. The first-order valence-electron chi connectivity index (χ1n) is 11.5. The van der Waals surface area contributed by atoms with Crippen molar-refractivity contribution in [2.45, 2.75) is 71.3 Å². The zero-order chi connectivity index (χ0) is 22.2. The van der Waals surface area contributed by atoms with Crippen LogP contribution in [0.1, 0.15) is 70.8 Å². The first-order valence-corrected chi connectivity index (χ1v) is 11.5. The van der Waals surface area contributed by atoms with Crippen LogP contribution in [-0.4, -0.2) is 27.8 Å². The number of hydrogen-bond acceptors (Lipinski definition) is 4. The fourth-order valence-corrected chi connectivity index (χ4v) is 4.11. The highest BCUT2D eigenvalue weighted by molar-refractivity contribution is 5.83. The quantitative estimate of drug-likeness (QED) is 0.382. The van der Waals surface area contributed by atoms with Gasteiger partial charge in [0.25, 0.3) is 5.56 Å². The van der Waals surface area contributed by atoms with Crippen molar-refractivity contribution in [2.75, 3.05) is 6.61 Å². The van der Waals surface area contributed by atoms with Gasteiger partial charge in [-0.05, 0) is 43.0 Å². The molecule has 0 spiro atoms. The Kier molecular flexibility index (Phi) is 8.24. The highest BCUT2D eigenvalue weighted by Gasteiger charge is 2.23. The minimum absolute atomic E-state index is 0.0608. The van der Waals surface area contributed by atoms with Gasteiger partial charge in [0.1, 0.15) is 11.6 Å². The van der Waals surface area contributed by atoms with Crippen LogP contribution in [0.2, 0.25) is 0 Å². The van der Waals surface area contributed by atoms with E-state index in [2.05, 4.69) is 25.8 Å². The van der Waals surface area contributed by atoms with Crippen LogP contribution >= 0.6 is 0 Å². The molecule has 31 heavy (non-hydrogen) atoms. The molecule has 3 aromatic rings. The van der Waals surface area contributed by atoms with Crippen LogP contribution in [0.5, 0.6) is 5.75 Å². The van der Waals surface area contributed by atoms with Gasteiger partial charge in [0.2, 0.25) is 0 Å². The molecule has 2 unspecified atom stereocenters. The molecule has 1 heterocycles. The molecule has 0 aliphatic carbocycles. The number of fused-ring (bicyclic) bond motifs is 1. The molecule has 0 bridgehead atoms. The molecule has 0 aliphatic heterocycles. The van der Waals surface area contributed by atoms with E-state index in [0.717, 1.165) is 49.7 Å². The van der Waals surface area contributed by atoms with Crippen molar-refractivity contribution < 1.29 is 9.84 Å². The number of benzene rings is 2. The Bertz CT molecular complexity index is 1040. The summed E-state index contributed by atoms with van der Waals surface area (Å²) >= 11 is 0. The second-order valence-electron chi connectivity index (χ2n) is 8.08. The minimum Gasteiger partial charge on any atom is -0.493 e. The molecule has 2 atom stereocenters. The largest absolute Gasteiger partial charge is 0.493 e. The summed E-state index contributed by atoms with van der Waals surface area (Å²) in [5, 5.41) is 11.5. The molecule has 0 fully saturated rings. The number of rotatable bonds is 11. The third-order valence-corrected chi connectivity index (χ3v) is 5.78. The second-order valence-corrected chi connectivity index (χ2v) is 8.08. The second kappa shape index (κ2) is 11.1. The van der Waals surface area contributed by atoms with E-state index in [1.165, 1.54) is 0 Å². The van der Waals surface area contributed by atoms with Gasteiger partial charge in [-0.15, -0.1) is 0 Å². The number of aromatic amines is 1. The van der Waals surface area contributed by atoms with Gasteiger partial charge >= 0.3 is 0 Å². The maximum atomic E-state index is 12.9. The predicted molar refractivity (Wildman–Crippen MR) is 127 cm³/mol. The Morgan fingerprint density at radius 3 is 2.58 bits per heavy atom. The lowest BCUT2D eigenvalue weighted by Crippen LogP contribution is -2.20. The Labute approximate surface area is 184 Å². The summed E-state index contributed by atoms with van der Waals surface area (Å²) in [6.45, 7) is 6.90. The maximum Gasteiger partial charge on any atom is 0.259 e. The summed E-state index contributed by atoms with van der Waals surface area (Å²) in [6, 6.07) is 13.3. The van der Waals surface area contributed by atoms with Gasteiger partial charge < -0.3 is 14.8 Å². The SMILES string of the molecule is CCCCCC(O)C(CC)c1cccc2c(=O)[nH]c(-c3ccccc3OCCC)nc12. The summed E-state index contributed by atoms with van der Waals surface area (Å²) in [5.41, 5.74) is 2.18. The van der Waals surface area contributed by atoms with Crippen LogP contribution in [0, 0.1) is 0 Å². The summed E-state index contributed by atoms with van der Waals surface area (Å²) in [4.78, 5) is 20.7. The number of nitrogens with one attached hydrogen (secondary N) is 1. The molecular formula is C26H34N2O3. The van der Waals surface area contributed by atoms with E-state index < -0.39 is 6.10 Å². The Morgan fingerprint density at radius 1 is 1.03 bits per heavy atom. The van der Waals surface area contributed by atoms with Gasteiger partial charge in [-0.3, -0.25) is 4.79 Å². The number of aliphatic hydroxyl groups excluding tert-OH is 1. The number of aliphatic hydroxyl groups is 1. The Hall–Kier alpha value is -2.66. The van der Waals surface area contributed by atoms with Crippen molar-refractivity contribution in [3.8, 4) is 17.1 Å². The van der Waals surface area contributed by atoms with E-state index in [0.29, 0.717) is 29.1 Å². The first-order chi connectivity index (χ1) is 15.1. The van der Waals surface area contributed by atoms with Crippen LogP contribution < -0.4 is 10.3 Å². The topological polar surface area (TPSA) is 75.2 Å². The molecule has 0 amide bonds. The normalized spacial score (nSPS) is 13.3. The number of ether oxygens (including phenoxy) is 1. The molecule has 3 rings (SSSR count).